The molecule has 2 aliphatic rings. The smallest absolute Gasteiger partial charge is 0.415 e. The van der Waals surface area contributed by atoms with Crippen molar-refractivity contribution in [2.24, 2.45) is 0 Å². The fraction of sp³-hybridized carbons (Fsp3) is 0.522. The Morgan fingerprint density at radius 1 is 1.18 bits per heavy atom. The summed E-state index contributed by atoms with van der Waals surface area (Å²) in [6.07, 6.45) is -3.13. The molecule has 0 spiro atoms. The van der Waals surface area contributed by atoms with Crippen LogP contribution in [-0.2, 0) is 22.2 Å². The van der Waals surface area contributed by atoms with E-state index in [1.165, 1.54) is 6.08 Å². The van der Waals surface area contributed by atoms with Crippen LogP contribution in [0.3, 0.4) is 0 Å². The van der Waals surface area contributed by atoms with Crippen LogP contribution in [0.5, 0.6) is 0 Å². The summed E-state index contributed by atoms with van der Waals surface area (Å²) in [7, 11) is -1.56. The maximum absolute atomic E-state index is 14.9. The van der Waals surface area contributed by atoms with E-state index in [1.807, 2.05) is 30.0 Å². The van der Waals surface area contributed by atoms with Crippen molar-refractivity contribution in [2.75, 3.05) is 13.1 Å². The Morgan fingerprint density at radius 3 is 2.30 bits per heavy atom. The van der Waals surface area contributed by atoms with Crippen molar-refractivity contribution in [1.29, 1.82) is 0 Å². The Morgan fingerprint density at radius 2 is 1.79 bits per heavy atom. The highest BCUT2D eigenvalue weighted by Crippen LogP contribution is 2.43. The van der Waals surface area contributed by atoms with Gasteiger partial charge in [-0.15, -0.1) is 0 Å². The molecule has 1 N–H and O–H groups in total. The molecule has 182 valence electrons. The number of benzene rings is 1. The summed E-state index contributed by atoms with van der Waals surface area (Å²) in [6.45, 7) is 7.24. The zero-order valence-electron chi connectivity index (χ0n) is 18.9. The van der Waals surface area contributed by atoms with Crippen molar-refractivity contribution in [3.63, 3.8) is 0 Å². The maximum atomic E-state index is 14.9. The number of carboxylic acid groups (broad SMARTS) is 1. The van der Waals surface area contributed by atoms with Crippen LogP contribution in [0.25, 0.3) is 0 Å². The SMILES string of the molecule is Cc1cc(CC(=O)O)cc(S(=O)N2C(C)CN(C3=CC=C(C(F)(F)F)[C@](C)(F)C3)CC2C)c1. The largest absolute Gasteiger partial charge is 0.481 e. The predicted octanol–water partition coefficient (Wildman–Crippen LogP) is 4.54. The Kier molecular flexibility index (Phi) is 7.10. The Bertz CT molecular complexity index is 1010. The first-order valence-electron chi connectivity index (χ1n) is 10.6. The van der Waals surface area contributed by atoms with E-state index in [9.17, 15) is 26.6 Å². The van der Waals surface area contributed by atoms with E-state index in [0.717, 1.165) is 18.6 Å². The van der Waals surface area contributed by atoms with Gasteiger partial charge in [0.2, 0.25) is 0 Å². The molecular weight excluding hydrogens is 460 g/mol. The van der Waals surface area contributed by atoms with Gasteiger partial charge in [-0.1, -0.05) is 6.07 Å². The topological polar surface area (TPSA) is 60.9 Å². The van der Waals surface area contributed by atoms with Gasteiger partial charge in [-0.25, -0.2) is 12.9 Å². The van der Waals surface area contributed by atoms with Crippen LogP contribution in [0.15, 0.2) is 46.5 Å². The van der Waals surface area contributed by atoms with Crippen molar-refractivity contribution in [3.05, 3.63) is 52.7 Å². The molecule has 1 aliphatic carbocycles. The molecular formula is C23H28F4N2O3S. The Labute approximate surface area is 193 Å². The summed E-state index contributed by atoms with van der Waals surface area (Å²) in [5.74, 6) is -0.976. The summed E-state index contributed by atoms with van der Waals surface area (Å²) in [6, 6.07) is 4.65. The molecule has 3 unspecified atom stereocenters. The van der Waals surface area contributed by atoms with Crippen molar-refractivity contribution in [1.82, 2.24) is 9.21 Å². The monoisotopic (exact) mass is 488 g/mol. The fourth-order valence-electron chi connectivity index (χ4n) is 4.65. The molecule has 5 nitrogen and oxygen atoms in total. The molecule has 0 saturated carbocycles. The molecule has 0 aromatic heterocycles. The normalized spacial score (nSPS) is 27.7. The lowest BCUT2D eigenvalue weighted by Gasteiger charge is -2.46. The number of allylic oxidation sites excluding steroid dienone is 4. The standard InChI is InChI=1S/C23H28F4N2O3S/c1-14-7-17(10-21(30)31)9-19(8-14)33(32)29-15(2)12-28(13-16(29)3)18-5-6-20(23(25,26)27)22(4,24)11-18/h5-9,15-16H,10-13H2,1-4H3,(H,30,31)/t15?,16?,22-,33?/m1/s1. The second-order valence-corrected chi connectivity index (χ2v) is 10.4. The van der Waals surface area contributed by atoms with Gasteiger partial charge in [-0.05, 0) is 63.1 Å². The number of alkyl halides is 4. The summed E-state index contributed by atoms with van der Waals surface area (Å²) in [5, 5.41) is 9.08. The number of hydrogen-bond donors (Lipinski definition) is 1. The van der Waals surface area contributed by atoms with Crippen molar-refractivity contribution in [2.45, 2.75) is 69.4 Å². The van der Waals surface area contributed by atoms with Crippen LogP contribution >= 0.6 is 0 Å². The molecule has 1 saturated heterocycles. The average Bonchev–Trinajstić information content (AvgIpc) is 2.64. The van der Waals surface area contributed by atoms with Gasteiger partial charge in [0.15, 0.2) is 0 Å². The lowest BCUT2D eigenvalue weighted by Crippen LogP contribution is -2.57. The highest BCUT2D eigenvalue weighted by Gasteiger charge is 2.48. The number of rotatable bonds is 5. The lowest BCUT2D eigenvalue weighted by molar-refractivity contribution is -0.136. The highest BCUT2D eigenvalue weighted by molar-refractivity contribution is 7.82. The molecule has 4 atom stereocenters. The third-order valence-electron chi connectivity index (χ3n) is 5.93. The first-order valence-corrected chi connectivity index (χ1v) is 11.7. The minimum atomic E-state index is -4.73. The first-order chi connectivity index (χ1) is 15.2. The zero-order chi connectivity index (χ0) is 24.7. The van der Waals surface area contributed by atoms with E-state index in [-0.39, 0.29) is 24.9 Å². The van der Waals surface area contributed by atoms with Gasteiger partial charge in [-0.3, -0.25) is 4.79 Å². The summed E-state index contributed by atoms with van der Waals surface area (Å²) >= 11 is 0. The second-order valence-electron chi connectivity index (χ2n) is 9.05. The van der Waals surface area contributed by atoms with Crippen LogP contribution in [0.4, 0.5) is 17.6 Å². The zero-order valence-corrected chi connectivity index (χ0v) is 19.8. The molecule has 1 aliphatic heterocycles. The molecule has 1 fully saturated rings. The van der Waals surface area contributed by atoms with E-state index in [4.69, 9.17) is 5.11 Å². The molecule has 0 radical (unpaired) electrons. The third-order valence-corrected chi connectivity index (χ3v) is 7.67. The van der Waals surface area contributed by atoms with Gasteiger partial charge < -0.3 is 10.0 Å². The molecule has 1 aromatic rings. The van der Waals surface area contributed by atoms with Gasteiger partial charge in [0.1, 0.15) is 16.7 Å². The number of carboxylic acids is 1. The van der Waals surface area contributed by atoms with Crippen LogP contribution in [0.2, 0.25) is 0 Å². The number of aryl methyl sites for hydroxylation is 1. The molecule has 10 heteroatoms. The summed E-state index contributed by atoms with van der Waals surface area (Å²) in [5.41, 5.74) is -1.85. The van der Waals surface area contributed by atoms with Crippen LogP contribution in [0.1, 0.15) is 38.3 Å². The molecule has 3 rings (SSSR count). The summed E-state index contributed by atoms with van der Waals surface area (Å²) < 4.78 is 69.5. The van der Waals surface area contributed by atoms with Gasteiger partial charge >= 0.3 is 12.1 Å². The van der Waals surface area contributed by atoms with Crippen LogP contribution < -0.4 is 0 Å². The minimum Gasteiger partial charge on any atom is -0.481 e. The van der Waals surface area contributed by atoms with Crippen molar-refractivity contribution >= 4 is 17.0 Å². The van der Waals surface area contributed by atoms with Gasteiger partial charge in [0.25, 0.3) is 0 Å². The van der Waals surface area contributed by atoms with Crippen LogP contribution in [-0.4, -0.2) is 61.5 Å². The number of piperazine rings is 1. The number of carbonyl (C=O) groups is 1. The van der Waals surface area contributed by atoms with Gasteiger partial charge in [0, 0.05) is 37.3 Å². The van der Waals surface area contributed by atoms with E-state index < -0.39 is 34.4 Å². The molecule has 33 heavy (non-hydrogen) atoms. The predicted molar refractivity (Wildman–Crippen MR) is 118 cm³/mol. The van der Waals surface area contributed by atoms with E-state index >= 15 is 0 Å². The number of nitrogens with zero attached hydrogens (tertiary/aromatic N) is 2. The van der Waals surface area contributed by atoms with Gasteiger partial charge in [0.05, 0.1) is 16.9 Å². The molecule has 1 heterocycles. The van der Waals surface area contributed by atoms with E-state index in [0.29, 0.717) is 29.2 Å². The minimum absolute atomic E-state index is 0.172. The second kappa shape index (κ2) is 9.21. The lowest BCUT2D eigenvalue weighted by atomic mass is 9.87. The average molecular weight is 489 g/mol. The Hall–Kier alpha value is -2.20. The molecule has 0 amide bonds. The van der Waals surface area contributed by atoms with E-state index in [1.54, 1.807) is 18.2 Å². The van der Waals surface area contributed by atoms with E-state index in [2.05, 4.69) is 0 Å². The summed E-state index contributed by atoms with van der Waals surface area (Å²) in [4.78, 5) is 13.4. The van der Waals surface area contributed by atoms with Crippen LogP contribution in [0, 0.1) is 6.92 Å². The fourth-order valence-corrected chi connectivity index (χ4v) is 6.22. The number of hydrogen-bond acceptors (Lipinski definition) is 3. The molecule has 0 bridgehead atoms. The van der Waals surface area contributed by atoms with Crippen molar-refractivity contribution < 1.29 is 31.7 Å². The van der Waals surface area contributed by atoms with Crippen molar-refractivity contribution in [3.8, 4) is 0 Å². The first kappa shape index (κ1) is 25.4. The van der Waals surface area contributed by atoms with Gasteiger partial charge in [-0.2, -0.15) is 13.2 Å². The number of halogens is 4. The molecule has 1 aromatic carbocycles. The highest BCUT2D eigenvalue weighted by atomic mass is 32.2. The third kappa shape index (κ3) is 5.66. The Balaban J connectivity index is 1.80. The maximum Gasteiger partial charge on any atom is 0.415 e. The number of aliphatic carboxylic acids is 1. The quantitative estimate of drug-likeness (QED) is 0.618.